The summed E-state index contributed by atoms with van der Waals surface area (Å²) < 4.78 is 0. The topological polar surface area (TPSA) is 81.8 Å². The van der Waals surface area contributed by atoms with Gasteiger partial charge in [0.25, 0.3) is 0 Å². The van der Waals surface area contributed by atoms with E-state index < -0.39 is 0 Å². The van der Waals surface area contributed by atoms with Crippen molar-refractivity contribution in [3.8, 4) is 23.1 Å². The minimum absolute atomic E-state index is 0.0495. The second-order valence-electron chi connectivity index (χ2n) is 6.80. The van der Waals surface area contributed by atoms with Crippen LogP contribution in [0.3, 0.4) is 0 Å². The minimum atomic E-state index is 0.0495. The van der Waals surface area contributed by atoms with Gasteiger partial charge >= 0.3 is 0 Å². The maximum atomic E-state index is 10.3. The first-order valence-electron chi connectivity index (χ1n) is 8.89. The Morgan fingerprint density at radius 2 is 2.12 bits per heavy atom. The number of benzene rings is 2. The van der Waals surface area contributed by atoms with E-state index in [-0.39, 0.29) is 5.75 Å². The van der Waals surface area contributed by atoms with E-state index in [1.165, 1.54) is 18.1 Å². The molecule has 0 spiro atoms. The summed E-state index contributed by atoms with van der Waals surface area (Å²) in [5, 5.41) is 32.8. The number of aromatic hydroxyl groups is 1. The molecule has 2 heterocycles. The number of aromatic nitrogens is 2. The molecule has 4 rings (SSSR count). The van der Waals surface area contributed by atoms with Gasteiger partial charge in [0.2, 0.25) is 0 Å². The zero-order valence-corrected chi connectivity index (χ0v) is 14.7. The molecule has 0 bridgehead atoms. The number of nitriles is 1. The van der Waals surface area contributed by atoms with E-state index >= 15 is 0 Å². The number of phenolic OH excluding ortho intramolecular Hbond substituents is 1. The fourth-order valence-electron chi connectivity index (χ4n) is 3.78. The highest BCUT2D eigenvalue weighted by molar-refractivity contribution is 5.89. The number of hydrogen-bond acceptors (Lipinski definition) is 5. The summed E-state index contributed by atoms with van der Waals surface area (Å²) in [5.74, 6) is 0.503. The predicted octanol–water partition coefficient (Wildman–Crippen LogP) is 3.65. The van der Waals surface area contributed by atoms with Gasteiger partial charge in [-0.15, -0.1) is 10.2 Å². The van der Waals surface area contributed by atoms with Crippen molar-refractivity contribution in [2.45, 2.75) is 25.7 Å². The molecule has 5 heteroatoms. The van der Waals surface area contributed by atoms with Gasteiger partial charge < -0.3 is 10.4 Å². The van der Waals surface area contributed by atoms with Crippen molar-refractivity contribution in [1.29, 1.82) is 5.26 Å². The number of hydrogen-bond donors (Lipinski definition) is 2. The number of nitrogens with zero attached hydrogens (tertiary/aromatic N) is 3. The molecule has 1 saturated heterocycles. The highest BCUT2D eigenvalue weighted by Gasteiger charge is 2.20. The first-order valence-corrected chi connectivity index (χ1v) is 8.89. The minimum Gasteiger partial charge on any atom is -0.507 e. The van der Waals surface area contributed by atoms with Gasteiger partial charge in [-0.3, -0.25) is 0 Å². The van der Waals surface area contributed by atoms with Gasteiger partial charge in [0.05, 0.1) is 17.1 Å². The molecule has 0 aliphatic carbocycles. The Kier molecular flexibility index (Phi) is 4.27. The van der Waals surface area contributed by atoms with Crippen LogP contribution < -0.4 is 5.32 Å². The fourth-order valence-corrected chi connectivity index (χ4v) is 3.78. The lowest BCUT2D eigenvalue weighted by molar-refractivity contribution is 0.463. The van der Waals surface area contributed by atoms with Crippen LogP contribution >= 0.6 is 0 Å². The van der Waals surface area contributed by atoms with E-state index in [4.69, 9.17) is 5.26 Å². The van der Waals surface area contributed by atoms with Gasteiger partial charge in [-0.25, -0.2) is 0 Å². The Bertz CT molecular complexity index is 1020. The molecule has 2 N–H and O–H groups in total. The van der Waals surface area contributed by atoms with Crippen LogP contribution in [0.2, 0.25) is 0 Å². The average Bonchev–Trinajstić information content (AvgIpc) is 2.69. The Morgan fingerprint density at radius 3 is 2.85 bits per heavy atom. The van der Waals surface area contributed by atoms with Crippen LogP contribution in [-0.2, 0) is 0 Å². The Balaban J connectivity index is 1.84. The van der Waals surface area contributed by atoms with E-state index in [9.17, 15) is 5.11 Å². The van der Waals surface area contributed by atoms with E-state index in [0.29, 0.717) is 22.7 Å². The molecule has 1 aliphatic rings. The number of nitrogens with one attached hydrogen (secondary N) is 1. The van der Waals surface area contributed by atoms with Gasteiger partial charge in [0.1, 0.15) is 11.4 Å². The van der Waals surface area contributed by atoms with Gasteiger partial charge in [-0.05, 0) is 61.6 Å². The van der Waals surface area contributed by atoms with Gasteiger partial charge in [-0.1, -0.05) is 18.2 Å². The lowest BCUT2D eigenvalue weighted by Gasteiger charge is -2.24. The molecule has 1 fully saturated rings. The van der Waals surface area contributed by atoms with Crippen molar-refractivity contribution in [2.75, 3.05) is 13.1 Å². The second-order valence-corrected chi connectivity index (χ2v) is 6.80. The normalized spacial score (nSPS) is 17.2. The lowest BCUT2D eigenvalue weighted by Crippen LogP contribution is -2.28. The zero-order chi connectivity index (χ0) is 18.1. The van der Waals surface area contributed by atoms with Gasteiger partial charge in [0, 0.05) is 17.5 Å². The first kappa shape index (κ1) is 16.5. The van der Waals surface area contributed by atoms with Crippen LogP contribution in [0.5, 0.6) is 5.75 Å². The van der Waals surface area contributed by atoms with Crippen LogP contribution in [0.15, 0.2) is 36.4 Å². The molecule has 1 atom stereocenters. The van der Waals surface area contributed by atoms with Crippen LogP contribution in [-0.4, -0.2) is 28.4 Å². The third-order valence-corrected chi connectivity index (χ3v) is 5.20. The molecule has 1 aliphatic heterocycles. The fraction of sp³-hybridized carbons (Fsp3) is 0.286. The number of rotatable bonds is 2. The molecule has 0 amide bonds. The second kappa shape index (κ2) is 6.74. The molecule has 1 unspecified atom stereocenters. The standard InChI is InChI=1S/C21H20N4O/c1-13-16-5-2-6-17(15-4-3-9-23-12-15)21(16)25-24-20(13)18-8-7-14(11-22)10-19(18)26/h2,5-8,10,15,23,26H,3-4,9,12H2,1H3. The van der Waals surface area contributed by atoms with Crippen LogP contribution in [0.25, 0.3) is 22.2 Å². The largest absolute Gasteiger partial charge is 0.507 e. The van der Waals surface area contributed by atoms with E-state index in [0.717, 1.165) is 36.0 Å². The van der Waals surface area contributed by atoms with Crippen molar-refractivity contribution < 1.29 is 5.11 Å². The van der Waals surface area contributed by atoms with Crippen molar-refractivity contribution in [3.63, 3.8) is 0 Å². The van der Waals surface area contributed by atoms with Crippen LogP contribution in [0, 0.1) is 18.3 Å². The lowest BCUT2D eigenvalue weighted by atomic mass is 9.89. The third kappa shape index (κ3) is 2.79. The Hall–Kier alpha value is -2.97. The SMILES string of the molecule is Cc1c(-c2ccc(C#N)cc2O)nnc2c(C3CCCNC3)cccc12. The highest BCUT2D eigenvalue weighted by atomic mass is 16.3. The quantitative estimate of drug-likeness (QED) is 0.741. The summed E-state index contributed by atoms with van der Waals surface area (Å²) in [6.45, 7) is 4.05. The molecule has 3 aromatic rings. The Morgan fingerprint density at radius 1 is 1.23 bits per heavy atom. The molecule has 0 saturated carbocycles. The van der Waals surface area contributed by atoms with Crippen molar-refractivity contribution in [3.05, 3.63) is 53.1 Å². The van der Waals surface area contributed by atoms with Crippen molar-refractivity contribution in [1.82, 2.24) is 15.5 Å². The number of aryl methyl sites for hydroxylation is 1. The monoisotopic (exact) mass is 344 g/mol. The third-order valence-electron chi connectivity index (χ3n) is 5.20. The maximum absolute atomic E-state index is 10.3. The van der Waals surface area contributed by atoms with Crippen LogP contribution in [0.1, 0.15) is 35.4 Å². The molecular weight excluding hydrogens is 324 g/mol. The smallest absolute Gasteiger partial charge is 0.126 e. The van der Waals surface area contributed by atoms with Crippen LogP contribution in [0.4, 0.5) is 0 Å². The van der Waals surface area contributed by atoms with E-state index in [1.54, 1.807) is 12.1 Å². The molecule has 2 aromatic carbocycles. The van der Waals surface area contributed by atoms with E-state index in [1.807, 2.05) is 13.0 Å². The van der Waals surface area contributed by atoms with Gasteiger partial charge in [0.15, 0.2) is 0 Å². The number of piperidine rings is 1. The average molecular weight is 344 g/mol. The molecule has 0 radical (unpaired) electrons. The highest BCUT2D eigenvalue weighted by Crippen LogP contribution is 2.35. The first-order chi connectivity index (χ1) is 12.7. The number of phenols is 1. The summed E-state index contributed by atoms with van der Waals surface area (Å²) in [6, 6.07) is 13.2. The molecule has 26 heavy (non-hydrogen) atoms. The summed E-state index contributed by atoms with van der Waals surface area (Å²) in [4.78, 5) is 0. The summed E-state index contributed by atoms with van der Waals surface area (Å²) in [5.41, 5.74) is 4.83. The predicted molar refractivity (Wildman–Crippen MR) is 101 cm³/mol. The molecule has 1 aromatic heterocycles. The molecule has 5 nitrogen and oxygen atoms in total. The van der Waals surface area contributed by atoms with E-state index in [2.05, 4.69) is 33.7 Å². The summed E-state index contributed by atoms with van der Waals surface area (Å²) in [6.07, 6.45) is 2.33. The van der Waals surface area contributed by atoms with Crippen molar-refractivity contribution >= 4 is 10.9 Å². The van der Waals surface area contributed by atoms with Gasteiger partial charge in [-0.2, -0.15) is 5.26 Å². The summed E-state index contributed by atoms with van der Waals surface area (Å²) >= 11 is 0. The maximum Gasteiger partial charge on any atom is 0.126 e. The summed E-state index contributed by atoms with van der Waals surface area (Å²) in [7, 11) is 0. The molecular formula is C21H20N4O. The zero-order valence-electron chi connectivity index (χ0n) is 14.7. The Labute approximate surface area is 152 Å². The van der Waals surface area contributed by atoms with Crippen molar-refractivity contribution in [2.24, 2.45) is 0 Å². The molecule has 130 valence electrons. The number of fused-ring (bicyclic) bond motifs is 1.